The molecule has 0 aliphatic rings. The topological polar surface area (TPSA) is 86.3 Å². The normalized spacial score (nSPS) is 9.89. The van der Waals surface area contributed by atoms with Crippen LogP contribution in [0.2, 0.25) is 5.02 Å². The Morgan fingerprint density at radius 1 is 1.47 bits per heavy atom. The van der Waals surface area contributed by atoms with E-state index in [1.165, 1.54) is 12.3 Å². The van der Waals surface area contributed by atoms with Crippen molar-refractivity contribution in [3.8, 4) is 6.07 Å². The summed E-state index contributed by atoms with van der Waals surface area (Å²) >= 11 is 5.98. The lowest BCUT2D eigenvalue weighted by molar-refractivity contribution is 0.0696. The molecule has 0 bridgehead atoms. The van der Waals surface area contributed by atoms with E-state index in [1.54, 1.807) is 18.2 Å². The van der Waals surface area contributed by atoms with Crippen molar-refractivity contribution < 1.29 is 14.3 Å². The molecule has 6 heteroatoms. The number of carboxylic acid groups (broad SMARTS) is 1. The first-order chi connectivity index (χ1) is 9.10. The number of hydrogen-bond donors (Lipinski definition) is 2. The van der Waals surface area contributed by atoms with Crippen molar-refractivity contribution in [2.45, 2.75) is 6.54 Å². The van der Waals surface area contributed by atoms with E-state index in [0.29, 0.717) is 22.0 Å². The van der Waals surface area contributed by atoms with E-state index < -0.39 is 5.97 Å². The van der Waals surface area contributed by atoms with Crippen LogP contribution in [0.3, 0.4) is 0 Å². The molecule has 0 spiro atoms. The third-order valence-electron chi connectivity index (χ3n) is 2.45. The maximum Gasteiger partial charge on any atom is 0.338 e. The molecule has 2 N–H and O–H groups in total. The van der Waals surface area contributed by atoms with Gasteiger partial charge in [0.2, 0.25) is 0 Å². The van der Waals surface area contributed by atoms with Crippen LogP contribution in [-0.2, 0) is 6.54 Å². The molecular formula is C13H9ClN2O3. The number of aromatic carboxylic acids is 1. The number of nitrogens with zero attached hydrogens (tertiary/aromatic N) is 1. The molecule has 5 nitrogen and oxygen atoms in total. The molecule has 0 fully saturated rings. The number of nitrogens with one attached hydrogen (secondary N) is 1. The van der Waals surface area contributed by atoms with Gasteiger partial charge in [-0.25, -0.2) is 4.79 Å². The molecule has 1 aromatic carbocycles. The van der Waals surface area contributed by atoms with Crippen LogP contribution in [0, 0.1) is 11.3 Å². The number of furan rings is 1. The summed E-state index contributed by atoms with van der Waals surface area (Å²) in [5.74, 6) is -0.574. The molecule has 0 aliphatic carbocycles. The monoisotopic (exact) mass is 276 g/mol. The van der Waals surface area contributed by atoms with Crippen molar-refractivity contribution in [1.82, 2.24) is 0 Å². The van der Waals surface area contributed by atoms with Gasteiger partial charge in [0.15, 0.2) is 0 Å². The van der Waals surface area contributed by atoms with E-state index in [0.717, 1.165) is 0 Å². The van der Waals surface area contributed by atoms with Crippen LogP contribution in [0.5, 0.6) is 0 Å². The van der Waals surface area contributed by atoms with Crippen molar-refractivity contribution >= 4 is 23.3 Å². The minimum atomic E-state index is -1.04. The third kappa shape index (κ3) is 3.06. The van der Waals surface area contributed by atoms with Crippen molar-refractivity contribution in [1.29, 1.82) is 5.26 Å². The molecule has 0 radical (unpaired) electrons. The number of hydrogen-bond acceptors (Lipinski definition) is 4. The summed E-state index contributed by atoms with van der Waals surface area (Å²) in [5, 5.41) is 21.0. The molecule has 19 heavy (non-hydrogen) atoms. The highest BCUT2D eigenvalue weighted by Crippen LogP contribution is 2.23. The van der Waals surface area contributed by atoms with E-state index in [2.05, 4.69) is 5.32 Å². The number of benzene rings is 1. The molecule has 0 saturated heterocycles. The summed E-state index contributed by atoms with van der Waals surface area (Å²) in [5.41, 5.74) is 1.17. The lowest BCUT2D eigenvalue weighted by Gasteiger charge is -2.06. The predicted octanol–water partition coefficient (Wildman–Crippen LogP) is 3.11. The van der Waals surface area contributed by atoms with Gasteiger partial charge in [0.25, 0.3) is 0 Å². The average Bonchev–Trinajstić information content (AvgIpc) is 2.87. The number of nitriles is 1. The maximum atomic E-state index is 10.7. The van der Waals surface area contributed by atoms with Gasteiger partial charge >= 0.3 is 5.97 Å². The fraction of sp³-hybridized carbons (Fsp3) is 0.0769. The van der Waals surface area contributed by atoms with Crippen molar-refractivity contribution in [3.05, 3.63) is 52.4 Å². The number of carbonyl (C=O) groups is 1. The van der Waals surface area contributed by atoms with E-state index >= 15 is 0 Å². The highest BCUT2D eigenvalue weighted by Gasteiger charge is 2.08. The summed E-state index contributed by atoms with van der Waals surface area (Å²) in [6.07, 6.45) is 1.17. The second-order valence-corrected chi connectivity index (χ2v) is 4.17. The van der Waals surface area contributed by atoms with Gasteiger partial charge < -0.3 is 14.8 Å². The lowest BCUT2D eigenvalue weighted by Crippen LogP contribution is -1.99. The Kier molecular flexibility index (Phi) is 3.74. The zero-order chi connectivity index (χ0) is 13.8. The molecule has 0 aliphatic heterocycles. The smallest absolute Gasteiger partial charge is 0.338 e. The Labute approximate surface area is 114 Å². The van der Waals surface area contributed by atoms with Gasteiger partial charge in [0.05, 0.1) is 34.5 Å². The van der Waals surface area contributed by atoms with Crippen molar-refractivity contribution in [2.24, 2.45) is 0 Å². The standard InChI is InChI=1S/C13H9ClN2O3/c14-11-2-1-8(5-15)3-12(11)16-6-10-4-9(7-19-10)13(17)18/h1-4,7,16H,6H2,(H,17,18). The molecule has 96 valence electrons. The Morgan fingerprint density at radius 2 is 2.26 bits per heavy atom. The van der Waals surface area contributed by atoms with E-state index in [-0.39, 0.29) is 12.1 Å². The fourth-order valence-corrected chi connectivity index (χ4v) is 1.68. The predicted molar refractivity (Wildman–Crippen MR) is 69.2 cm³/mol. The number of rotatable bonds is 4. The van der Waals surface area contributed by atoms with Crippen molar-refractivity contribution in [2.75, 3.05) is 5.32 Å². The highest BCUT2D eigenvalue weighted by atomic mass is 35.5. The highest BCUT2D eigenvalue weighted by molar-refractivity contribution is 6.33. The average molecular weight is 277 g/mol. The second kappa shape index (κ2) is 5.46. The van der Waals surface area contributed by atoms with Gasteiger partial charge in [-0.1, -0.05) is 11.6 Å². The molecule has 2 rings (SSSR count). The molecule has 1 heterocycles. The quantitative estimate of drug-likeness (QED) is 0.896. The first-order valence-corrected chi connectivity index (χ1v) is 5.72. The zero-order valence-electron chi connectivity index (χ0n) is 9.68. The number of anilines is 1. The van der Waals surface area contributed by atoms with Crippen molar-refractivity contribution in [3.63, 3.8) is 0 Å². The first kappa shape index (κ1) is 13.0. The van der Waals surface area contributed by atoms with Crippen LogP contribution in [0.1, 0.15) is 21.7 Å². The Morgan fingerprint density at radius 3 is 2.89 bits per heavy atom. The van der Waals surface area contributed by atoms with E-state index in [1.807, 2.05) is 6.07 Å². The Hall–Kier alpha value is -2.45. The van der Waals surface area contributed by atoms with E-state index in [9.17, 15) is 4.79 Å². The van der Waals surface area contributed by atoms with Crippen LogP contribution in [-0.4, -0.2) is 11.1 Å². The largest absolute Gasteiger partial charge is 0.478 e. The summed E-state index contributed by atoms with van der Waals surface area (Å²) < 4.78 is 5.09. The maximum absolute atomic E-state index is 10.7. The summed E-state index contributed by atoms with van der Waals surface area (Å²) in [6, 6.07) is 8.29. The zero-order valence-corrected chi connectivity index (χ0v) is 10.4. The lowest BCUT2D eigenvalue weighted by atomic mass is 10.2. The van der Waals surface area contributed by atoms with Crippen LogP contribution >= 0.6 is 11.6 Å². The van der Waals surface area contributed by atoms with Gasteiger partial charge in [0, 0.05) is 0 Å². The minimum absolute atomic E-state index is 0.0914. The van der Waals surface area contributed by atoms with Gasteiger partial charge in [-0.05, 0) is 24.3 Å². The molecule has 2 aromatic rings. The first-order valence-electron chi connectivity index (χ1n) is 5.34. The van der Waals surface area contributed by atoms with Gasteiger partial charge in [-0.15, -0.1) is 0 Å². The third-order valence-corrected chi connectivity index (χ3v) is 2.78. The van der Waals surface area contributed by atoms with Gasteiger partial charge in [0.1, 0.15) is 12.0 Å². The van der Waals surface area contributed by atoms with Crippen LogP contribution in [0.4, 0.5) is 5.69 Å². The Balaban J connectivity index is 2.09. The second-order valence-electron chi connectivity index (χ2n) is 3.77. The summed E-state index contributed by atoms with van der Waals surface area (Å²) in [4.78, 5) is 10.7. The van der Waals surface area contributed by atoms with Crippen LogP contribution in [0.25, 0.3) is 0 Å². The van der Waals surface area contributed by atoms with E-state index in [4.69, 9.17) is 26.4 Å². The molecular weight excluding hydrogens is 268 g/mol. The fourth-order valence-electron chi connectivity index (χ4n) is 1.50. The molecule has 0 saturated carbocycles. The van der Waals surface area contributed by atoms with Crippen LogP contribution in [0.15, 0.2) is 34.9 Å². The Bertz CT molecular complexity index is 658. The molecule has 1 aromatic heterocycles. The summed E-state index contributed by atoms with van der Waals surface area (Å²) in [7, 11) is 0. The van der Waals surface area contributed by atoms with Gasteiger partial charge in [-0.3, -0.25) is 0 Å². The number of carboxylic acids is 1. The van der Waals surface area contributed by atoms with Gasteiger partial charge in [-0.2, -0.15) is 5.26 Å². The SMILES string of the molecule is N#Cc1ccc(Cl)c(NCc2cc(C(=O)O)co2)c1. The van der Waals surface area contributed by atoms with Crippen LogP contribution < -0.4 is 5.32 Å². The minimum Gasteiger partial charge on any atom is -0.478 e. The molecule has 0 amide bonds. The molecule has 0 atom stereocenters. The molecule has 0 unspecified atom stereocenters. The summed E-state index contributed by atoms with van der Waals surface area (Å²) in [6.45, 7) is 0.280. The number of halogens is 1.